The maximum atomic E-state index is 13.4. The summed E-state index contributed by atoms with van der Waals surface area (Å²) in [5, 5.41) is 0. The second-order valence-corrected chi connectivity index (χ2v) is 5.69. The van der Waals surface area contributed by atoms with Crippen LogP contribution in [0.15, 0.2) is 34.8 Å². The Kier molecular flexibility index (Phi) is 3.92. The molecule has 0 radical (unpaired) electrons. The van der Waals surface area contributed by atoms with Crippen LogP contribution in [-0.4, -0.2) is 12.9 Å². The molecule has 0 saturated carbocycles. The van der Waals surface area contributed by atoms with E-state index in [4.69, 9.17) is 9.47 Å². The van der Waals surface area contributed by atoms with Crippen LogP contribution >= 0.6 is 15.9 Å². The van der Waals surface area contributed by atoms with Gasteiger partial charge in [0, 0.05) is 28.1 Å². The topological polar surface area (TPSA) is 35.5 Å². The van der Waals surface area contributed by atoms with E-state index in [1.807, 2.05) is 12.1 Å². The van der Waals surface area contributed by atoms with Gasteiger partial charge in [0.1, 0.15) is 30.2 Å². The number of aldehydes is 1. The molecule has 0 spiro atoms. The minimum Gasteiger partial charge on any atom is -0.493 e. The maximum absolute atomic E-state index is 13.4. The fourth-order valence-electron chi connectivity index (χ4n) is 2.35. The Morgan fingerprint density at radius 3 is 2.95 bits per heavy atom. The average Bonchev–Trinajstić information content (AvgIpc) is 2.92. The summed E-state index contributed by atoms with van der Waals surface area (Å²) in [6.45, 7) is 0.914. The van der Waals surface area contributed by atoms with Gasteiger partial charge in [0.25, 0.3) is 0 Å². The van der Waals surface area contributed by atoms with Gasteiger partial charge in [-0.3, -0.25) is 4.79 Å². The zero-order chi connectivity index (χ0) is 14.8. The third-order valence-electron chi connectivity index (χ3n) is 3.25. The van der Waals surface area contributed by atoms with Gasteiger partial charge in [0.15, 0.2) is 0 Å². The highest BCUT2D eigenvalue weighted by atomic mass is 79.9. The van der Waals surface area contributed by atoms with Crippen molar-refractivity contribution in [2.75, 3.05) is 6.61 Å². The standard InChI is InChI=1S/C16H12BrFO3/c17-13-5-11-1-2-20-16(11)12(6-13)9-21-15-4-10(8-19)3-14(18)7-15/h3-8H,1-2,9H2. The number of hydrogen-bond acceptors (Lipinski definition) is 3. The Balaban J connectivity index is 1.82. The maximum Gasteiger partial charge on any atom is 0.150 e. The first kappa shape index (κ1) is 14.1. The molecule has 108 valence electrons. The summed E-state index contributed by atoms with van der Waals surface area (Å²) in [7, 11) is 0. The van der Waals surface area contributed by atoms with Gasteiger partial charge in [-0.1, -0.05) is 15.9 Å². The molecule has 0 saturated heterocycles. The van der Waals surface area contributed by atoms with Crippen LogP contribution in [0, 0.1) is 5.82 Å². The molecule has 0 N–H and O–H groups in total. The van der Waals surface area contributed by atoms with Crippen molar-refractivity contribution in [1.82, 2.24) is 0 Å². The van der Waals surface area contributed by atoms with Crippen molar-refractivity contribution in [1.29, 1.82) is 0 Å². The van der Waals surface area contributed by atoms with Crippen molar-refractivity contribution in [3.05, 3.63) is 57.3 Å². The minimum absolute atomic E-state index is 0.251. The third kappa shape index (κ3) is 3.08. The van der Waals surface area contributed by atoms with E-state index in [2.05, 4.69) is 15.9 Å². The van der Waals surface area contributed by atoms with Crippen molar-refractivity contribution in [3.8, 4) is 11.5 Å². The van der Waals surface area contributed by atoms with Gasteiger partial charge in [-0.2, -0.15) is 0 Å². The number of halogens is 2. The summed E-state index contributed by atoms with van der Waals surface area (Å²) in [6.07, 6.45) is 1.47. The lowest BCUT2D eigenvalue weighted by atomic mass is 10.1. The van der Waals surface area contributed by atoms with Crippen LogP contribution in [-0.2, 0) is 13.0 Å². The highest BCUT2D eigenvalue weighted by molar-refractivity contribution is 9.10. The molecule has 21 heavy (non-hydrogen) atoms. The summed E-state index contributed by atoms with van der Waals surface area (Å²) in [5.74, 6) is 0.666. The number of hydrogen-bond donors (Lipinski definition) is 0. The van der Waals surface area contributed by atoms with Gasteiger partial charge in [-0.05, 0) is 29.8 Å². The van der Waals surface area contributed by atoms with Crippen LogP contribution in [0.1, 0.15) is 21.5 Å². The monoisotopic (exact) mass is 350 g/mol. The van der Waals surface area contributed by atoms with Gasteiger partial charge in [0.2, 0.25) is 0 Å². The number of benzene rings is 2. The lowest BCUT2D eigenvalue weighted by Crippen LogP contribution is -1.99. The smallest absolute Gasteiger partial charge is 0.150 e. The molecule has 0 fully saturated rings. The summed E-state index contributed by atoms with van der Waals surface area (Å²) in [6, 6.07) is 7.88. The zero-order valence-corrected chi connectivity index (χ0v) is 12.7. The second kappa shape index (κ2) is 5.85. The van der Waals surface area contributed by atoms with Crippen molar-refractivity contribution in [3.63, 3.8) is 0 Å². The second-order valence-electron chi connectivity index (χ2n) is 4.78. The van der Waals surface area contributed by atoms with Crippen molar-refractivity contribution < 1.29 is 18.7 Å². The molecule has 0 amide bonds. The van der Waals surface area contributed by atoms with E-state index in [0.29, 0.717) is 18.6 Å². The van der Waals surface area contributed by atoms with Crippen LogP contribution in [0.3, 0.4) is 0 Å². The highest BCUT2D eigenvalue weighted by Gasteiger charge is 2.17. The van der Waals surface area contributed by atoms with Crippen molar-refractivity contribution in [2.45, 2.75) is 13.0 Å². The number of fused-ring (bicyclic) bond motifs is 1. The first-order valence-electron chi connectivity index (χ1n) is 6.48. The van der Waals surface area contributed by atoms with Crippen LogP contribution in [0.2, 0.25) is 0 Å². The summed E-state index contributed by atoms with van der Waals surface area (Å²) in [4.78, 5) is 10.7. The molecule has 5 heteroatoms. The molecule has 0 bridgehead atoms. The van der Waals surface area contributed by atoms with E-state index in [-0.39, 0.29) is 12.2 Å². The Labute approximate surface area is 129 Å². The molecule has 0 aliphatic carbocycles. The molecular weight excluding hydrogens is 339 g/mol. The molecule has 1 aliphatic rings. The fourth-order valence-corrected chi connectivity index (χ4v) is 2.90. The van der Waals surface area contributed by atoms with E-state index in [1.54, 1.807) is 0 Å². The van der Waals surface area contributed by atoms with Crippen molar-refractivity contribution in [2.24, 2.45) is 0 Å². The third-order valence-corrected chi connectivity index (χ3v) is 3.71. The average molecular weight is 351 g/mol. The first-order valence-corrected chi connectivity index (χ1v) is 7.27. The van der Waals surface area contributed by atoms with Crippen LogP contribution in [0.4, 0.5) is 4.39 Å². The molecule has 2 aromatic carbocycles. The fraction of sp³-hybridized carbons (Fsp3) is 0.188. The molecular formula is C16H12BrFO3. The molecule has 3 nitrogen and oxygen atoms in total. The zero-order valence-electron chi connectivity index (χ0n) is 11.1. The van der Waals surface area contributed by atoms with Crippen LogP contribution in [0.25, 0.3) is 0 Å². The van der Waals surface area contributed by atoms with Crippen LogP contribution < -0.4 is 9.47 Å². The van der Waals surface area contributed by atoms with Crippen molar-refractivity contribution >= 4 is 22.2 Å². The minimum atomic E-state index is -0.495. The Hall–Kier alpha value is -1.88. The lowest BCUT2D eigenvalue weighted by molar-refractivity contribution is 0.112. The Morgan fingerprint density at radius 1 is 1.29 bits per heavy atom. The largest absolute Gasteiger partial charge is 0.493 e. The number of carbonyl (C=O) groups is 1. The van der Waals surface area contributed by atoms with Gasteiger partial charge < -0.3 is 9.47 Å². The summed E-state index contributed by atoms with van der Waals surface area (Å²) in [5.41, 5.74) is 2.28. The van der Waals surface area contributed by atoms with E-state index < -0.39 is 5.82 Å². The quantitative estimate of drug-likeness (QED) is 0.784. The predicted octanol–water partition coefficient (Wildman–Crippen LogP) is 3.91. The number of carbonyl (C=O) groups excluding carboxylic acids is 1. The van der Waals surface area contributed by atoms with Gasteiger partial charge in [-0.25, -0.2) is 4.39 Å². The van der Waals surface area contributed by atoms with E-state index >= 15 is 0 Å². The SMILES string of the molecule is O=Cc1cc(F)cc(OCc2cc(Br)cc3c2OCC3)c1. The van der Waals surface area contributed by atoms with E-state index in [0.717, 1.165) is 27.8 Å². The lowest BCUT2D eigenvalue weighted by Gasteiger charge is -2.11. The summed E-state index contributed by atoms with van der Waals surface area (Å²) >= 11 is 3.46. The van der Waals surface area contributed by atoms with Crippen LogP contribution in [0.5, 0.6) is 11.5 Å². The van der Waals surface area contributed by atoms with Gasteiger partial charge in [0.05, 0.1) is 6.61 Å². The first-order chi connectivity index (χ1) is 10.2. The molecule has 2 aromatic rings. The Morgan fingerprint density at radius 2 is 2.14 bits per heavy atom. The summed E-state index contributed by atoms with van der Waals surface area (Å²) < 4.78 is 25.5. The molecule has 0 aromatic heterocycles. The predicted molar refractivity (Wildman–Crippen MR) is 79.5 cm³/mol. The molecule has 0 unspecified atom stereocenters. The highest BCUT2D eigenvalue weighted by Crippen LogP contribution is 2.33. The van der Waals surface area contributed by atoms with Gasteiger partial charge >= 0.3 is 0 Å². The molecule has 1 aliphatic heterocycles. The van der Waals surface area contributed by atoms with E-state index in [9.17, 15) is 9.18 Å². The number of ether oxygens (including phenoxy) is 2. The molecule has 0 atom stereocenters. The van der Waals surface area contributed by atoms with E-state index in [1.165, 1.54) is 18.2 Å². The molecule has 1 heterocycles. The van der Waals surface area contributed by atoms with Gasteiger partial charge in [-0.15, -0.1) is 0 Å². The molecule has 3 rings (SSSR count). The Bertz CT molecular complexity index is 700. The normalized spacial score (nSPS) is 12.7. The number of rotatable bonds is 4.